The predicted molar refractivity (Wildman–Crippen MR) is 69.8 cm³/mol. The number of hydrogen-bond donors (Lipinski definition) is 3. The van der Waals surface area contributed by atoms with Crippen LogP contribution >= 0.6 is 0 Å². The highest BCUT2D eigenvalue weighted by atomic mass is 16.3. The van der Waals surface area contributed by atoms with Crippen molar-refractivity contribution < 1.29 is 14.3 Å². The van der Waals surface area contributed by atoms with Crippen molar-refractivity contribution in [3.63, 3.8) is 0 Å². The summed E-state index contributed by atoms with van der Waals surface area (Å²) in [5, 5.41) is 7.57. The topological polar surface area (TPSA) is 102 Å². The second-order valence-electron chi connectivity index (χ2n) is 3.47. The number of nitrogens with two attached hydrogens (primary N) is 2. The van der Waals surface area contributed by atoms with Crippen LogP contribution in [0.1, 0.15) is 17.5 Å². The zero-order valence-electron chi connectivity index (χ0n) is 10.1. The van der Waals surface area contributed by atoms with E-state index >= 15 is 0 Å². The number of carbonyl (C=O) groups is 1. The third kappa shape index (κ3) is 3.64. The number of anilines is 1. The zero-order chi connectivity index (χ0) is 13.5. The molecule has 0 aliphatic rings. The molecule has 2 rings (SSSR count). The van der Waals surface area contributed by atoms with Gasteiger partial charge in [0.1, 0.15) is 5.76 Å². The number of nitrogen functional groups attached to an aromatic ring is 1. The second kappa shape index (κ2) is 6.46. The van der Waals surface area contributed by atoms with Crippen LogP contribution in [-0.4, -0.2) is 17.6 Å². The van der Waals surface area contributed by atoms with Gasteiger partial charge in [-0.1, -0.05) is 12.1 Å². The molecule has 0 saturated heterocycles. The van der Waals surface area contributed by atoms with Gasteiger partial charge < -0.3 is 21.0 Å². The van der Waals surface area contributed by atoms with Gasteiger partial charge in [0, 0.05) is 17.9 Å². The first kappa shape index (κ1) is 13.8. The van der Waals surface area contributed by atoms with Crippen molar-refractivity contribution in [2.75, 3.05) is 12.3 Å². The first-order valence-corrected chi connectivity index (χ1v) is 5.45. The van der Waals surface area contributed by atoms with Crippen LogP contribution in [0.4, 0.5) is 5.69 Å². The fourth-order valence-corrected chi connectivity index (χ4v) is 1.32. The molecule has 5 nitrogen and oxygen atoms in total. The van der Waals surface area contributed by atoms with Crippen molar-refractivity contribution in [3.8, 4) is 11.3 Å². The summed E-state index contributed by atoms with van der Waals surface area (Å²) < 4.78 is 5.26. The number of aliphatic hydroxyl groups excluding tert-OH is 1. The molecule has 0 fully saturated rings. The number of rotatable bonds is 2. The molecule has 0 radical (unpaired) electrons. The Bertz CT molecular complexity index is 520. The molecule has 0 aliphatic heterocycles. The Balaban J connectivity index is 0.000000492. The molecule has 2 aromatic rings. The minimum absolute atomic E-state index is 0.146. The fraction of sp³-hybridized carbons (Fsp3) is 0.154. The van der Waals surface area contributed by atoms with Gasteiger partial charge in [0.2, 0.25) is 0 Å². The van der Waals surface area contributed by atoms with Crippen LogP contribution in [-0.2, 0) is 0 Å². The molecule has 5 N–H and O–H groups in total. The third-order valence-electron chi connectivity index (χ3n) is 2.02. The van der Waals surface area contributed by atoms with E-state index in [4.69, 9.17) is 21.0 Å². The lowest BCUT2D eigenvalue weighted by molar-refractivity contribution is 0.0974. The maximum Gasteiger partial charge on any atom is 0.284 e. The van der Waals surface area contributed by atoms with E-state index in [1.54, 1.807) is 31.2 Å². The highest BCUT2D eigenvalue weighted by Crippen LogP contribution is 2.23. The van der Waals surface area contributed by atoms with Crippen LogP contribution in [0.2, 0.25) is 0 Å². The lowest BCUT2D eigenvalue weighted by atomic mass is 10.1. The van der Waals surface area contributed by atoms with Crippen molar-refractivity contribution >= 4 is 11.6 Å². The molecule has 0 bridgehead atoms. The Morgan fingerprint density at radius 3 is 2.50 bits per heavy atom. The highest BCUT2D eigenvalue weighted by Gasteiger charge is 2.08. The molecule has 0 spiro atoms. The van der Waals surface area contributed by atoms with Crippen molar-refractivity contribution in [1.82, 2.24) is 0 Å². The predicted octanol–water partition coefficient (Wildman–Crippen LogP) is 1.63. The van der Waals surface area contributed by atoms with E-state index in [9.17, 15) is 4.79 Å². The average molecular weight is 248 g/mol. The lowest BCUT2D eigenvalue weighted by Gasteiger charge is -1.97. The first-order valence-electron chi connectivity index (χ1n) is 5.45. The number of benzene rings is 1. The molecular weight excluding hydrogens is 232 g/mol. The largest absolute Gasteiger partial charge is 0.451 e. The molecule has 18 heavy (non-hydrogen) atoms. The number of hydrogen-bond acceptors (Lipinski definition) is 4. The Morgan fingerprint density at radius 1 is 1.33 bits per heavy atom. The van der Waals surface area contributed by atoms with E-state index in [1.807, 2.05) is 12.1 Å². The van der Waals surface area contributed by atoms with Gasteiger partial charge in [0.25, 0.3) is 5.91 Å². The molecule has 5 heteroatoms. The Kier molecular flexibility index (Phi) is 4.95. The van der Waals surface area contributed by atoms with Gasteiger partial charge in [-0.15, -0.1) is 0 Å². The van der Waals surface area contributed by atoms with Gasteiger partial charge in [-0.05, 0) is 31.2 Å². The van der Waals surface area contributed by atoms with Gasteiger partial charge in [-0.3, -0.25) is 4.79 Å². The van der Waals surface area contributed by atoms with Crippen molar-refractivity contribution in [2.45, 2.75) is 6.92 Å². The quantitative estimate of drug-likeness (QED) is 0.703. The van der Waals surface area contributed by atoms with Crippen LogP contribution in [0.25, 0.3) is 11.3 Å². The van der Waals surface area contributed by atoms with E-state index in [1.165, 1.54) is 0 Å². The number of primary amides is 1. The maximum absolute atomic E-state index is 10.8. The van der Waals surface area contributed by atoms with Crippen LogP contribution < -0.4 is 11.5 Å². The Labute approximate surface area is 105 Å². The summed E-state index contributed by atoms with van der Waals surface area (Å²) in [6.07, 6.45) is 0. The second-order valence-corrected chi connectivity index (χ2v) is 3.47. The molecule has 1 amide bonds. The van der Waals surface area contributed by atoms with Crippen LogP contribution in [0.3, 0.4) is 0 Å². The number of aliphatic hydroxyl groups is 1. The summed E-state index contributed by atoms with van der Waals surface area (Å²) in [7, 11) is 0. The summed E-state index contributed by atoms with van der Waals surface area (Å²) >= 11 is 0. The maximum atomic E-state index is 10.8. The normalized spacial score (nSPS) is 9.44. The first-order chi connectivity index (χ1) is 8.58. The smallest absolute Gasteiger partial charge is 0.284 e. The summed E-state index contributed by atoms with van der Waals surface area (Å²) in [5.74, 6) is 0.147. The Morgan fingerprint density at radius 2 is 2.00 bits per heavy atom. The van der Waals surface area contributed by atoms with Gasteiger partial charge in [-0.2, -0.15) is 0 Å². The SMILES string of the molecule is CCO.NC(=O)c1ccc(-c2cccc(N)c2)o1. The average Bonchev–Trinajstić information content (AvgIpc) is 2.79. The molecule has 1 heterocycles. The summed E-state index contributed by atoms with van der Waals surface area (Å²) in [5.41, 5.74) is 12.2. The monoisotopic (exact) mass is 248 g/mol. The van der Waals surface area contributed by atoms with E-state index in [-0.39, 0.29) is 12.4 Å². The summed E-state index contributed by atoms with van der Waals surface area (Å²) in [6, 6.07) is 10.4. The van der Waals surface area contributed by atoms with E-state index < -0.39 is 5.91 Å². The van der Waals surface area contributed by atoms with Gasteiger partial charge >= 0.3 is 0 Å². The molecule has 1 aromatic carbocycles. The van der Waals surface area contributed by atoms with E-state index in [2.05, 4.69) is 0 Å². The highest BCUT2D eigenvalue weighted by molar-refractivity contribution is 5.90. The zero-order valence-corrected chi connectivity index (χ0v) is 10.1. The van der Waals surface area contributed by atoms with Gasteiger partial charge in [-0.25, -0.2) is 0 Å². The molecule has 0 atom stereocenters. The Hall–Kier alpha value is -2.27. The summed E-state index contributed by atoms with van der Waals surface area (Å²) in [6.45, 7) is 1.93. The van der Waals surface area contributed by atoms with Crippen molar-refractivity contribution in [2.24, 2.45) is 5.73 Å². The molecule has 0 aliphatic carbocycles. The van der Waals surface area contributed by atoms with Crippen LogP contribution in [0.15, 0.2) is 40.8 Å². The van der Waals surface area contributed by atoms with Crippen LogP contribution in [0, 0.1) is 0 Å². The number of furan rings is 1. The lowest BCUT2D eigenvalue weighted by Crippen LogP contribution is -2.09. The van der Waals surface area contributed by atoms with Gasteiger partial charge in [0.05, 0.1) is 0 Å². The molecular formula is C13H16N2O3. The van der Waals surface area contributed by atoms with E-state index in [0.717, 1.165) is 5.56 Å². The minimum atomic E-state index is -0.579. The molecule has 96 valence electrons. The van der Waals surface area contributed by atoms with E-state index in [0.29, 0.717) is 11.4 Å². The third-order valence-corrected chi connectivity index (χ3v) is 2.02. The number of amides is 1. The molecule has 0 unspecified atom stereocenters. The number of carbonyl (C=O) groups excluding carboxylic acids is 1. The van der Waals surface area contributed by atoms with Gasteiger partial charge in [0.15, 0.2) is 5.76 Å². The fourth-order valence-electron chi connectivity index (χ4n) is 1.32. The van der Waals surface area contributed by atoms with Crippen molar-refractivity contribution in [3.05, 3.63) is 42.2 Å². The summed E-state index contributed by atoms with van der Waals surface area (Å²) in [4.78, 5) is 10.8. The minimum Gasteiger partial charge on any atom is -0.451 e. The van der Waals surface area contributed by atoms with Crippen molar-refractivity contribution in [1.29, 1.82) is 0 Å². The van der Waals surface area contributed by atoms with Crippen LogP contribution in [0.5, 0.6) is 0 Å². The standard InChI is InChI=1S/C11H10N2O2.C2H6O/c12-8-3-1-2-7(6-8)9-4-5-10(15-9)11(13)14;1-2-3/h1-6H,12H2,(H2,13,14);3H,2H2,1H3. The molecule has 0 saturated carbocycles. The molecule has 1 aromatic heterocycles.